The van der Waals surface area contributed by atoms with Gasteiger partial charge in [-0.25, -0.2) is 4.98 Å². The third-order valence-electron chi connectivity index (χ3n) is 3.69. The van der Waals surface area contributed by atoms with Crippen LogP contribution in [0, 0.1) is 16.0 Å². The summed E-state index contributed by atoms with van der Waals surface area (Å²) in [6, 6.07) is -0.175. The fraction of sp³-hybridized carbons (Fsp3) is 0.583. The van der Waals surface area contributed by atoms with Gasteiger partial charge in [0.15, 0.2) is 0 Å². The topological polar surface area (TPSA) is 150 Å². The van der Waals surface area contributed by atoms with E-state index in [2.05, 4.69) is 15.3 Å². The van der Waals surface area contributed by atoms with Crippen molar-refractivity contribution in [2.24, 2.45) is 11.7 Å². The lowest BCUT2D eigenvalue weighted by molar-refractivity contribution is -0.384. The number of nitro groups is 1. The van der Waals surface area contributed by atoms with Gasteiger partial charge in [0.05, 0.1) is 10.8 Å². The number of nitrogens with two attached hydrogens (primary N) is 2. The Morgan fingerprint density at radius 3 is 2.71 bits per heavy atom. The number of nitrogens with one attached hydrogen (secondary N) is 1. The van der Waals surface area contributed by atoms with Gasteiger partial charge in [0.25, 0.3) is 0 Å². The molecule has 1 fully saturated rings. The van der Waals surface area contributed by atoms with E-state index in [1.165, 1.54) is 0 Å². The predicted octanol–water partition coefficient (Wildman–Crippen LogP) is 0.813. The Hall–Kier alpha value is -2.45. The Labute approximate surface area is 121 Å². The van der Waals surface area contributed by atoms with Gasteiger partial charge in [0, 0.05) is 6.04 Å². The molecular formula is C12H18N6O3. The van der Waals surface area contributed by atoms with Crippen LogP contribution in [0.15, 0.2) is 6.20 Å². The molecule has 0 radical (unpaired) electrons. The maximum atomic E-state index is 11.5. The van der Waals surface area contributed by atoms with Crippen LogP contribution in [0.2, 0.25) is 0 Å². The van der Waals surface area contributed by atoms with E-state index in [0.717, 1.165) is 38.3 Å². The van der Waals surface area contributed by atoms with E-state index >= 15 is 0 Å². The van der Waals surface area contributed by atoms with Gasteiger partial charge in [-0.15, -0.1) is 0 Å². The summed E-state index contributed by atoms with van der Waals surface area (Å²) >= 11 is 0. The van der Waals surface area contributed by atoms with Crippen LogP contribution in [0.25, 0.3) is 0 Å². The molecule has 9 nitrogen and oxygen atoms in total. The third-order valence-corrected chi connectivity index (χ3v) is 3.69. The molecular weight excluding hydrogens is 276 g/mol. The first-order valence-electron chi connectivity index (χ1n) is 6.82. The molecule has 1 saturated carbocycles. The Morgan fingerprint density at radius 2 is 2.10 bits per heavy atom. The SMILES string of the molecule is NC(=O)C1CCCCCC1Nc1ncc([N+](=O)[O-])c(N)n1. The minimum absolute atomic E-state index is 0.175. The maximum Gasteiger partial charge on any atom is 0.329 e. The van der Waals surface area contributed by atoms with Crippen molar-refractivity contribution in [2.75, 3.05) is 11.1 Å². The maximum absolute atomic E-state index is 11.5. The second kappa shape index (κ2) is 6.33. The number of primary amides is 1. The van der Waals surface area contributed by atoms with Crippen molar-refractivity contribution in [3.63, 3.8) is 0 Å². The fourth-order valence-corrected chi connectivity index (χ4v) is 2.59. The molecule has 0 aliphatic heterocycles. The first-order chi connectivity index (χ1) is 9.99. The number of carbonyl (C=O) groups excluding carboxylic acids is 1. The van der Waals surface area contributed by atoms with Gasteiger partial charge < -0.3 is 16.8 Å². The smallest absolute Gasteiger partial charge is 0.329 e. The van der Waals surface area contributed by atoms with Gasteiger partial charge in [-0.3, -0.25) is 14.9 Å². The summed E-state index contributed by atoms with van der Waals surface area (Å²) in [5.41, 5.74) is 10.6. The van der Waals surface area contributed by atoms with E-state index in [9.17, 15) is 14.9 Å². The van der Waals surface area contributed by atoms with Crippen LogP contribution < -0.4 is 16.8 Å². The summed E-state index contributed by atoms with van der Waals surface area (Å²) in [5.74, 6) is -0.685. The van der Waals surface area contributed by atoms with E-state index < -0.39 is 4.92 Å². The number of nitrogens with zero attached hydrogens (tertiary/aromatic N) is 3. The predicted molar refractivity (Wildman–Crippen MR) is 76.3 cm³/mol. The molecule has 1 aromatic rings. The highest BCUT2D eigenvalue weighted by molar-refractivity contribution is 5.78. The quantitative estimate of drug-likeness (QED) is 0.422. The molecule has 0 spiro atoms. The standard InChI is InChI=1S/C12H18N6O3/c13-10-9(18(20)21)6-15-12(17-10)16-8-5-3-1-2-4-7(8)11(14)19/h6-8H,1-5H2,(H2,14,19)(H3,13,15,16,17). The van der Waals surface area contributed by atoms with Crippen LogP contribution in [0.3, 0.4) is 0 Å². The summed E-state index contributed by atoms with van der Waals surface area (Å²) in [7, 11) is 0. The van der Waals surface area contributed by atoms with Crippen LogP contribution >= 0.6 is 0 Å². The minimum atomic E-state index is -0.642. The Kier molecular flexibility index (Phi) is 4.51. The molecule has 2 unspecified atom stereocenters. The van der Waals surface area contributed by atoms with Gasteiger partial charge in [0.1, 0.15) is 6.20 Å². The molecule has 1 aliphatic carbocycles. The normalized spacial score (nSPS) is 22.3. The van der Waals surface area contributed by atoms with E-state index in [4.69, 9.17) is 11.5 Å². The first kappa shape index (κ1) is 14.9. The Morgan fingerprint density at radius 1 is 1.38 bits per heavy atom. The van der Waals surface area contributed by atoms with Gasteiger partial charge in [-0.2, -0.15) is 4.98 Å². The van der Waals surface area contributed by atoms with Crippen LogP contribution in [0.1, 0.15) is 32.1 Å². The van der Waals surface area contributed by atoms with Crippen LogP contribution in [0.4, 0.5) is 17.5 Å². The second-order valence-corrected chi connectivity index (χ2v) is 5.12. The molecule has 9 heteroatoms. The summed E-state index contributed by atoms with van der Waals surface area (Å²) in [5, 5.41) is 13.7. The molecule has 2 rings (SSSR count). The Bertz CT molecular complexity index is 550. The van der Waals surface area contributed by atoms with Gasteiger partial charge >= 0.3 is 5.69 Å². The molecule has 1 heterocycles. The van der Waals surface area contributed by atoms with Crippen molar-refractivity contribution in [2.45, 2.75) is 38.1 Å². The number of amides is 1. The number of hydrogen-bond donors (Lipinski definition) is 3. The highest BCUT2D eigenvalue weighted by Crippen LogP contribution is 2.26. The summed E-state index contributed by atoms with van der Waals surface area (Å²) in [6.07, 6.45) is 5.52. The van der Waals surface area contributed by atoms with Crippen LogP contribution in [-0.2, 0) is 4.79 Å². The molecule has 2 atom stereocenters. The average molecular weight is 294 g/mol. The molecule has 1 aromatic heterocycles. The number of anilines is 2. The van der Waals surface area contributed by atoms with E-state index in [0.29, 0.717) is 0 Å². The van der Waals surface area contributed by atoms with Crippen LogP contribution in [0.5, 0.6) is 0 Å². The molecule has 0 saturated heterocycles. The third kappa shape index (κ3) is 3.56. The van der Waals surface area contributed by atoms with Crippen molar-refractivity contribution in [1.29, 1.82) is 0 Å². The van der Waals surface area contributed by atoms with Crippen molar-refractivity contribution < 1.29 is 9.72 Å². The monoisotopic (exact) mass is 294 g/mol. The second-order valence-electron chi connectivity index (χ2n) is 5.12. The minimum Gasteiger partial charge on any atom is -0.378 e. The van der Waals surface area contributed by atoms with Crippen molar-refractivity contribution in [3.05, 3.63) is 16.3 Å². The fourth-order valence-electron chi connectivity index (χ4n) is 2.59. The zero-order chi connectivity index (χ0) is 15.4. The lowest BCUT2D eigenvalue weighted by Gasteiger charge is -2.23. The number of nitrogen functional groups attached to an aromatic ring is 1. The van der Waals surface area contributed by atoms with E-state index in [-0.39, 0.29) is 35.3 Å². The summed E-state index contributed by atoms with van der Waals surface area (Å²) < 4.78 is 0. The largest absolute Gasteiger partial charge is 0.378 e. The van der Waals surface area contributed by atoms with Crippen molar-refractivity contribution >= 4 is 23.4 Å². The zero-order valence-corrected chi connectivity index (χ0v) is 11.5. The highest BCUT2D eigenvalue weighted by atomic mass is 16.6. The lowest BCUT2D eigenvalue weighted by Crippen LogP contribution is -2.38. The summed E-state index contributed by atoms with van der Waals surface area (Å²) in [6.45, 7) is 0. The molecule has 1 amide bonds. The lowest BCUT2D eigenvalue weighted by atomic mass is 9.94. The summed E-state index contributed by atoms with van der Waals surface area (Å²) in [4.78, 5) is 29.3. The number of hydrogen-bond acceptors (Lipinski definition) is 7. The molecule has 21 heavy (non-hydrogen) atoms. The number of rotatable bonds is 4. The molecule has 0 bridgehead atoms. The van der Waals surface area contributed by atoms with Crippen molar-refractivity contribution in [3.8, 4) is 0 Å². The molecule has 0 aromatic carbocycles. The Balaban J connectivity index is 2.16. The van der Waals surface area contributed by atoms with E-state index in [1.54, 1.807) is 0 Å². The van der Waals surface area contributed by atoms with E-state index in [1.807, 2.05) is 0 Å². The van der Waals surface area contributed by atoms with Gasteiger partial charge in [-0.1, -0.05) is 19.3 Å². The molecule has 5 N–H and O–H groups in total. The highest BCUT2D eigenvalue weighted by Gasteiger charge is 2.29. The molecule has 1 aliphatic rings. The molecule has 114 valence electrons. The number of aromatic nitrogens is 2. The van der Waals surface area contributed by atoms with Gasteiger partial charge in [-0.05, 0) is 12.8 Å². The van der Waals surface area contributed by atoms with Gasteiger partial charge in [0.2, 0.25) is 17.7 Å². The van der Waals surface area contributed by atoms with Crippen molar-refractivity contribution in [1.82, 2.24) is 9.97 Å². The average Bonchev–Trinajstić information content (AvgIpc) is 2.63. The van der Waals surface area contributed by atoms with Crippen LogP contribution in [-0.4, -0.2) is 26.8 Å². The zero-order valence-electron chi connectivity index (χ0n) is 11.5. The number of carbonyl (C=O) groups is 1. The first-order valence-corrected chi connectivity index (χ1v) is 6.82.